The molecule has 0 saturated heterocycles. The molecule has 2 rings (SSSR count). The second kappa shape index (κ2) is 11.6. The van der Waals surface area contributed by atoms with Crippen molar-refractivity contribution in [3.63, 3.8) is 0 Å². The molecule has 33 heavy (non-hydrogen) atoms. The van der Waals surface area contributed by atoms with Gasteiger partial charge in [0.1, 0.15) is 0 Å². The Balaban J connectivity index is 2.01. The van der Waals surface area contributed by atoms with E-state index >= 15 is 0 Å². The fraction of sp³-hybridized carbons (Fsp3) is 0.348. The predicted octanol–water partition coefficient (Wildman–Crippen LogP) is 2.39. The Labute approximate surface area is 194 Å². The highest BCUT2D eigenvalue weighted by molar-refractivity contribution is 7.89. The van der Waals surface area contributed by atoms with Gasteiger partial charge in [-0.25, -0.2) is 13.1 Å². The van der Waals surface area contributed by atoms with Crippen molar-refractivity contribution >= 4 is 33.5 Å². The number of benzene rings is 2. The molecular weight excluding hydrogens is 446 g/mol. The van der Waals surface area contributed by atoms with Gasteiger partial charge in [-0.3, -0.25) is 14.4 Å². The van der Waals surface area contributed by atoms with Crippen LogP contribution in [0.3, 0.4) is 0 Å². The molecule has 0 aliphatic heterocycles. The standard InChI is InChI=1S/C23H29N3O6S/c1-5-26(15-16(2)23(29)32-4)22(28)19-8-6-18(7-9-19)14-24-33(30,31)21-12-10-20(11-13-21)25-17(3)27/h6-13,16,24H,5,14-15H2,1-4H3,(H,25,27). The SMILES string of the molecule is CCN(CC(C)C(=O)OC)C(=O)c1ccc(CNS(=O)(=O)c2ccc(NC(C)=O)cc2)cc1. The predicted molar refractivity (Wildman–Crippen MR) is 124 cm³/mol. The average Bonchev–Trinajstić information content (AvgIpc) is 2.80. The number of rotatable bonds is 10. The van der Waals surface area contributed by atoms with Gasteiger partial charge in [0.05, 0.1) is 17.9 Å². The molecule has 2 aromatic rings. The van der Waals surface area contributed by atoms with Crippen LogP contribution in [0.4, 0.5) is 5.69 Å². The lowest BCUT2D eigenvalue weighted by atomic mass is 10.1. The van der Waals surface area contributed by atoms with Crippen LogP contribution in [-0.4, -0.2) is 51.3 Å². The van der Waals surface area contributed by atoms with E-state index in [0.717, 1.165) is 0 Å². The number of sulfonamides is 1. The number of methoxy groups -OCH3 is 1. The van der Waals surface area contributed by atoms with E-state index in [1.807, 2.05) is 6.92 Å². The number of anilines is 1. The molecule has 2 amide bonds. The van der Waals surface area contributed by atoms with Crippen LogP contribution >= 0.6 is 0 Å². The summed E-state index contributed by atoms with van der Waals surface area (Å²) in [6.07, 6.45) is 0. The van der Waals surface area contributed by atoms with Crippen LogP contribution in [0.2, 0.25) is 0 Å². The van der Waals surface area contributed by atoms with Crippen LogP contribution in [0.5, 0.6) is 0 Å². The number of ether oxygens (including phenoxy) is 1. The zero-order valence-corrected chi connectivity index (χ0v) is 19.9. The Hall–Kier alpha value is -3.24. The molecule has 0 spiro atoms. The van der Waals surface area contributed by atoms with Crippen molar-refractivity contribution in [1.82, 2.24) is 9.62 Å². The van der Waals surface area contributed by atoms with Gasteiger partial charge in [-0.05, 0) is 48.9 Å². The Morgan fingerprint density at radius 1 is 1.03 bits per heavy atom. The van der Waals surface area contributed by atoms with Gasteiger partial charge in [0.15, 0.2) is 0 Å². The minimum Gasteiger partial charge on any atom is -0.469 e. The number of carbonyl (C=O) groups is 3. The molecule has 0 heterocycles. The smallest absolute Gasteiger partial charge is 0.310 e. The van der Waals surface area contributed by atoms with Crippen LogP contribution in [0.15, 0.2) is 53.4 Å². The van der Waals surface area contributed by atoms with Gasteiger partial charge in [-0.2, -0.15) is 0 Å². The zero-order valence-electron chi connectivity index (χ0n) is 19.1. The van der Waals surface area contributed by atoms with Crippen LogP contribution in [0.25, 0.3) is 0 Å². The third-order valence-electron chi connectivity index (χ3n) is 4.92. The fourth-order valence-corrected chi connectivity index (χ4v) is 4.11. The lowest BCUT2D eigenvalue weighted by Crippen LogP contribution is -2.37. The van der Waals surface area contributed by atoms with E-state index in [0.29, 0.717) is 23.4 Å². The molecule has 0 saturated carbocycles. The van der Waals surface area contributed by atoms with Gasteiger partial charge in [0.25, 0.3) is 5.91 Å². The molecule has 1 unspecified atom stereocenters. The normalized spacial score (nSPS) is 12.0. The van der Waals surface area contributed by atoms with Crippen LogP contribution in [-0.2, 0) is 30.9 Å². The Morgan fingerprint density at radius 2 is 1.64 bits per heavy atom. The second-order valence-electron chi connectivity index (χ2n) is 7.50. The van der Waals surface area contributed by atoms with Gasteiger partial charge in [-0.15, -0.1) is 0 Å². The first-order chi connectivity index (χ1) is 15.6. The summed E-state index contributed by atoms with van der Waals surface area (Å²) in [6, 6.07) is 12.4. The third kappa shape index (κ3) is 7.40. The van der Waals surface area contributed by atoms with Crippen molar-refractivity contribution in [3.05, 3.63) is 59.7 Å². The van der Waals surface area contributed by atoms with Crippen molar-refractivity contribution in [2.45, 2.75) is 32.2 Å². The van der Waals surface area contributed by atoms with E-state index in [4.69, 9.17) is 4.74 Å². The molecule has 2 aromatic carbocycles. The second-order valence-corrected chi connectivity index (χ2v) is 9.26. The quantitative estimate of drug-likeness (QED) is 0.509. The van der Waals surface area contributed by atoms with Crippen molar-refractivity contribution in [3.8, 4) is 0 Å². The average molecular weight is 476 g/mol. The Morgan fingerprint density at radius 3 is 2.15 bits per heavy atom. The summed E-state index contributed by atoms with van der Waals surface area (Å²) >= 11 is 0. The number of hydrogen-bond acceptors (Lipinski definition) is 6. The van der Waals surface area contributed by atoms with Gasteiger partial charge in [-0.1, -0.05) is 19.1 Å². The van der Waals surface area contributed by atoms with Crippen molar-refractivity contribution in [2.75, 3.05) is 25.5 Å². The summed E-state index contributed by atoms with van der Waals surface area (Å²) < 4.78 is 32.3. The maximum Gasteiger partial charge on any atom is 0.310 e. The number of esters is 1. The summed E-state index contributed by atoms with van der Waals surface area (Å²) in [5.41, 5.74) is 1.62. The maximum absolute atomic E-state index is 12.8. The molecular formula is C23H29N3O6S. The number of hydrogen-bond donors (Lipinski definition) is 2. The first kappa shape index (κ1) is 26.0. The van der Waals surface area contributed by atoms with E-state index in [1.165, 1.54) is 38.3 Å². The Bertz CT molecular complexity index is 1080. The molecule has 0 aliphatic rings. The number of nitrogens with one attached hydrogen (secondary N) is 2. The van der Waals surface area contributed by atoms with E-state index in [1.54, 1.807) is 36.1 Å². The lowest BCUT2D eigenvalue weighted by Gasteiger charge is -2.23. The highest BCUT2D eigenvalue weighted by atomic mass is 32.2. The number of amides is 2. The van der Waals surface area contributed by atoms with Crippen molar-refractivity contribution in [2.24, 2.45) is 5.92 Å². The van der Waals surface area contributed by atoms with Crippen LogP contribution < -0.4 is 10.0 Å². The highest BCUT2D eigenvalue weighted by Gasteiger charge is 2.21. The molecule has 2 N–H and O–H groups in total. The summed E-state index contributed by atoms with van der Waals surface area (Å²) in [4.78, 5) is 37.1. The van der Waals surface area contributed by atoms with E-state index in [9.17, 15) is 22.8 Å². The lowest BCUT2D eigenvalue weighted by molar-refractivity contribution is -0.145. The van der Waals surface area contributed by atoms with E-state index < -0.39 is 15.9 Å². The van der Waals surface area contributed by atoms with E-state index in [-0.39, 0.29) is 35.8 Å². The largest absolute Gasteiger partial charge is 0.469 e. The summed E-state index contributed by atoms with van der Waals surface area (Å²) in [5.74, 6) is -1.29. The molecule has 0 radical (unpaired) electrons. The molecule has 0 aliphatic carbocycles. The third-order valence-corrected chi connectivity index (χ3v) is 6.34. The van der Waals surface area contributed by atoms with E-state index in [2.05, 4.69) is 10.0 Å². The van der Waals surface area contributed by atoms with Crippen LogP contribution in [0.1, 0.15) is 36.7 Å². The molecule has 1 atom stereocenters. The van der Waals surface area contributed by atoms with Crippen LogP contribution in [0, 0.1) is 5.92 Å². The summed E-state index contributed by atoms with van der Waals surface area (Å²) in [6.45, 7) is 5.61. The summed E-state index contributed by atoms with van der Waals surface area (Å²) in [7, 11) is -2.44. The van der Waals surface area contributed by atoms with Gasteiger partial charge in [0, 0.05) is 37.8 Å². The highest BCUT2D eigenvalue weighted by Crippen LogP contribution is 2.15. The zero-order chi connectivity index (χ0) is 24.6. The van der Waals surface area contributed by atoms with Gasteiger partial charge in [0.2, 0.25) is 15.9 Å². The van der Waals surface area contributed by atoms with Crippen molar-refractivity contribution < 1.29 is 27.5 Å². The molecule has 9 nitrogen and oxygen atoms in total. The number of nitrogens with zero attached hydrogens (tertiary/aromatic N) is 1. The molecule has 178 valence electrons. The fourth-order valence-electron chi connectivity index (χ4n) is 3.09. The van der Waals surface area contributed by atoms with Gasteiger partial charge < -0.3 is 15.0 Å². The monoisotopic (exact) mass is 475 g/mol. The Kier molecular flexibility index (Phi) is 9.12. The number of carbonyl (C=O) groups excluding carboxylic acids is 3. The maximum atomic E-state index is 12.8. The topological polar surface area (TPSA) is 122 Å². The summed E-state index contributed by atoms with van der Waals surface area (Å²) in [5, 5.41) is 2.58. The molecule has 0 bridgehead atoms. The molecule has 0 fully saturated rings. The first-order valence-electron chi connectivity index (χ1n) is 10.4. The molecule has 0 aromatic heterocycles. The first-order valence-corrected chi connectivity index (χ1v) is 11.9. The minimum atomic E-state index is -3.75. The van der Waals surface area contributed by atoms with Crippen molar-refractivity contribution in [1.29, 1.82) is 0 Å². The minimum absolute atomic E-state index is 0.0428. The van der Waals surface area contributed by atoms with Gasteiger partial charge >= 0.3 is 5.97 Å². The molecule has 10 heteroatoms.